The summed E-state index contributed by atoms with van der Waals surface area (Å²) in [5, 5.41) is 0.610. The molecule has 1 aliphatic carbocycles. The van der Waals surface area contributed by atoms with Gasteiger partial charge in [-0.15, -0.1) is 0 Å². The van der Waals surface area contributed by atoms with Gasteiger partial charge in [-0.3, -0.25) is 4.79 Å². The molecule has 0 spiro atoms. The maximum absolute atomic E-state index is 11.0. The van der Waals surface area contributed by atoms with Crippen LogP contribution in [0.15, 0.2) is 18.2 Å². The molecule has 1 aromatic rings. The summed E-state index contributed by atoms with van der Waals surface area (Å²) in [5.74, 6) is 1.61. The number of carbonyl (C=O) groups is 1. The Morgan fingerprint density at radius 3 is 2.81 bits per heavy atom. The van der Waals surface area contributed by atoms with Crippen LogP contribution in [0, 0.1) is 11.8 Å². The number of carbonyl (C=O) groups excluding carboxylic acids is 1. The summed E-state index contributed by atoms with van der Waals surface area (Å²) in [6.45, 7) is 3.28. The highest BCUT2D eigenvalue weighted by Gasteiger charge is 2.33. The van der Waals surface area contributed by atoms with Crippen LogP contribution in [0.5, 0.6) is 0 Å². The Labute approximate surface area is 101 Å². The Morgan fingerprint density at radius 2 is 2.25 bits per heavy atom. The molecule has 3 heteroatoms. The van der Waals surface area contributed by atoms with E-state index in [0.717, 1.165) is 30.4 Å². The molecule has 0 amide bonds. The van der Waals surface area contributed by atoms with Crippen LogP contribution in [-0.2, 0) is 0 Å². The third-order valence-electron chi connectivity index (χ3n) is 3.31. The minimum atomic E-state index is 0.610. The summed E-state index contributed by atoms with van der Waals surface area (Å²) >= 11 is 5.86. The van der Waals surface area contributed by atoms with Crippen LogP contribution in [0.2, 0.25) is 5.02 Å². The first-order valence-corrected chi connectivity index (χ1v) is 5.95. The minimum absolute atomic E-state index is 0.610. The van der Waals surface area contributed by atoms with Gasteiger partial charge >= 0.3 is 0 Å². The highest BCUT2D eigenvalue weighted by atomic mass is 35.5. The van der Waals surface area contributed by atoms with Gasteiger partial charge in [0.25, 0.3) is 0 Å². The summed E-state index contributed by atoms with van der Waals surface area (Å²) in [6, 6.07) is 5.46. The average Bonchev–Trinajstić information content (AvgIpc) is 2.93. The molecule has 2 atom stereocenters. The first-order chi connectivity index (χ1) is 7.61. The van der Waals surface area contributed by atoms with Gasteiger partial charge in [0.1, 0.15) is 0 Å². The molecular weight excluding hydrogens is 222 g/mol. The van der Waals surface area contributed by atoms with Crippen LogP contribution < -0.4 is 4.90 Å². The minimum Gasteiger partial charge on any atom is -0.374 e. The Kier molecular flexibility index (Phi) is 3.20. The van der Waals surface area contributed by atoms with E-state index >= 15 is 0 Å². The second-order valence-electron chi connectivity index (χ2n) is 4.67. The normalized spacial score (nSPS) is 22.9. The van der Waals surface area contributed by atoms with E-state index in [-0.39, 0.29) is 0 Å². The number of nitrogens with zero attached hydrogens (tertiary/aromatic N) is 1. The van der Waals surface area contributed by atoms with Gasteiger partial charge in [-0.05, 0) is 36.5 Å². The number of hydrogen-bond acceptors (Lipinski definition) is 2. The van der Waals surface area contributed by atoms with Gasteiger partial charge in [0.05, 0.1) is 0 Å². The lowest BCUT2D eigenvalue weighted by atomic mass is 10.1. The van der Waals surface area contributed by atoms with E-state index in [0.29, 0.717) is 10.6 Å². The van der Waals surface area contributed by atoms with E-state index in [2.05, 4.69) is 11.8 Å². The fourth-order valence-electron chi connectivity index (χ4n) is 2.07. The quantitative estimate of drug-likeness (QED) is 0.750. The lowest BCUT2D eigenvalue weighted by molar-refractivity contribution is 0.112. The zero-order valence-electron chi connectivity index (χ0n) is 9.61. The molecule has 1 saturated carbocycles. The Balaban J connectivity index is 2.15. The molecule has 1 aliphatic rings. The summed E-state index contributed by atoms with van der Waals surface area (Å²) in [6.07, 6.45) is 2.17. The van der Waals surface area contributed by atoms with Crippen molar-refractivity contribution in [3.05, 3.63) is 28.8 Å². The second kappa shape index (κ2) is 4.46. The van der Waals surface area contributed by atoms with Crippen molar-refractivity contribution >= 4 is 23.6 Å². The lowest BCUT2D eigenvalue weighted by Crippen LogP contribution is -2.21. The van der Waals surface area contributed by atoms with Crippen LogP contribution in [0.1, 0.15) is 23.7 Å². The van der Waals surface area contributed by atoms with Gasteiger partial charge in [0.2, 0.25) is 0 Å². The molecule has 0 aromatic heterocycles. The average molecular weight is 238 g/mol. The van der Waals surface area contributed by atoms with E-state index < -0.39 is 0 Å². The topological polar surface area (TPSA) is 20.3 Å². The van der Waals surface area contributed by atoms with Crippen molar-refractivity contribution < 1.29 is 4.79 Å². The zero-order valence-corrected chi connectivity index (χ0v) is 10.4. The third-order valence-corrected chi connectivity index (χ3v) is 3.55. The Bertz CT molecular complexity index is 405. The van der Waals surface area contributed by atoms with Gasteiger partial charge in [-0.25, -0.2) is 0 Å². The zero-order chi connectivity index (χ0) is 11.7. The van der Waals surface area contributed by atoms with Gasteiger partial charge < -0.3 is 4.90 Å². The highest BCUT2D eigenvalue weighted by Crippen LogP contribution is 2.39. The first-order valence-electron chi connectivity index (χ1n) is 5.57. The van der Waals surface area contributed by atoms with Gasteiger partial charge in [0, 0.05) is 29.9 Å². The van der Waals surface area contributed by atoms with Crippen LogP contribution >= 0.6 is 11.6 Å². The summed E-state index contributed by atoms with van der Waals surface area (Å²) in [7, 11) is 2.03. The molecule has 86 valence electrons. The van der Waals surface area contributed by atoms with E-state index in [4.69, 9.17) is 11.6 Å². The monoisotopic (exact) mass is 237 g/mol. The van der Waals surface area contributed by atoms with E-state index in [1.54, 1.807) is 6.07 Å². The summed E-state index contributed by atoms with van der Waals surface area (Å²) in [4.78, 5) is 13.1. The van der Waals surface area contributed by atoms with Crippen molar-refractivity contribution in [2.75, 3.05) is 18.5 Å². The van der Waals surface area contributed by atoms with Crippen LogP contribution in [0.4, 0.5) is 5.69 Å². The number of aldehydes is 1. The molecule has 2 unspecified atom stereocenters. The number of anilines is 1. The van der Waals surface area contributed by atoms with Gasteiger partial charge in [0.15, 0.2) is 6.29 Å². The Hall–Kier alpha value is -1.02. The Morgan fingerprint density at radius 1 is 1.56 bits per heavy atom. The summed E-state index contributed by atoms with van der Waals surface area (Å²) in [5.41, 5.74) is 1.64. The molecule has 16 heavy (non-hydrogen) atoms. The lowest BCUT2D eigenvalue weighted by Gasteiger charge is -2.21. The van der Waals surface area contributed by atoms with Crippen molar-refractivity contribution in [1.29, 1.82) is 0 Å². The van der Waals surface area contributed by atoms with Gasteiger partial charge in [-0.1, -0.05) is 18.5 Å². The third kappa shape index (κ3) is 2.38. The molecule has 1 fully saturated rings. The SMILES string of the molecule is CC1CC1CN(C)c1ccc(Cl)cc1C=O. The first kappa shape index (κ1) is 11.5. The predicted octanol–water partition coefficient (Wildman–Crippen LogP) is 3.24. The molecule has 0 aliphatic heterocycles. The maximum Gasteiger partial charge on any atom is 0.152 e. The van der Waals surface area contributed by atoms with E-state index in [1.807, 2.05) is 19.2 Å². The maximum atomic E-state index is 11.0. The predicted molar refractivity (Wildman–Crippen MR) is 67.4 cm³/mol. The molecule has 0 radical (unpaired) electrons. The van der Waals surface area contributed by atoms with Crippen LogP contribution in [-0.4, -0.2) is 19.9 Å². The fraction of sp³-hybridized carbons (Fsp3) is 0.462. The fourth-order valence-corrected chi connectivity index (χ4v) is 2.25. The van der Waals surface area contributed by atoms with Crippen molar-refractivity contribution in [2.45, 2.75) is 13.3 Å². The molecule has 1 aromatic carbocycles. The van der Waals surface area contributed by atoms with Gasteiger partial charge in [-0.2, -0.15) is 0 Å². The molecule has 2 nitrogen and oxygen atoms in total. The van der Waals surface area contributed by atoms with Crippen molar-refractivity contribution in [2.24, 2.45) is 11.8 Å². The van der Waals surface area contributed by atoms with E-state index in [9.17, 15) is 4.79 Å². The van der Waals surface area contributed by atoms with Crippen LogP contribution in [0.3, 0.4) is 0 Å². The number of rotatable bonds is 4. The van der Waals surface area contributed by atoms with Crippen LogP contribution in [0.25, 0.3) is 0 Å². The number of benzene rings is 1. The standard InChI is InChI=1S/C13H16ClNO/c1-9-5-10(9)7-15(2)13-4-3-12(14)6-11(13)8-16/h3-4,6,8-10H,5,7H2,1-2H3. The molecule has 0 N–H and O–H groups in total. The smallest absolute Gasteiger partial charge is 0.152 e. The molecule has 0 saturated heterocycles. The summed E-state index contributed by atoms with van der Waals surface area (Å²) < 4.78 is 0. The molecule has 0 heterocycles. The molecule has 0 bridgehead atoms. The van der Waals surface area contributed by atoms with Crippen molar-refractivity contribution in [1.82, 2.24) is 0 Å². The second-order valence-corrected chi connectivity index (χ2v) is 5.11. The number of hydrogen-bond donors (Lipinski definition) is 0. The van der Waals surface area contributed by atoms with Crippen molar-refractivity contribution in [3.63, 3.8) is 0 Å². The molecule has 2 rings (SSSR count). The number of halogens is 1. The van der Waals surface area contributed by atoms with E-state index in [1.165, 1.54) is 6.42 Å². The molecular formula is C13H16ClNO. The highest BCUT2D eigenvalue weighted by molar-refractivity contribution is 6.31. The van der Waals surface area contributed by atoms with Crippen molar-refractivity contribution in [3.8, 4) is 0 Å². The largest absolute Gasteiger partial charge is 0.374 e.